The fourth-order valence-electron chi connectivity index (χ4n) is 2.27. The van der Waals surface area contributed by atoms with E-state index in [0.717, 1.165) is 27.1 Å². The standard InChI is InChI=1S/C16H16N2OS/c1-3-12-4-6-13(7-5-12)9-18-10-17-15-14(16(18)19)8-11(2)20-15/h4-8,10H,3,9H2,1-2H3. The summed E-state index contributed by atoms with van der Waals surface area (Å²) in [6.07, 6.45) is 2.68. The molecule has 0 radical (unpaired) electrons. The first-order valence-corrected chi connectivity index (χ1v) is 7.52. The maximum absolute atomic E-state index is 12.4. The summed E-state index contributed by atoms with van der Waals surface area (Å²) in [4.78, 5) is 18.7. The zero-order valence-electron chi connectivity index (χ0n) is 11.6. The van der Waals surface area contributed by atoms with Gasteiger partial charge in [0.25, 0.3) is 5.56 Å². The maximum atomic E-state index is 12.4. The Kier molecular flexibility index (Phi) is 3.40. The van der Waals surface area contributed by atoms with Crippen molar-refractivity contribution >= 4 is 21.6 Å². The predicted octanol–water partition coefficient (Wildman–Crippen LogP) is 3.38. The normalized spacial score (nSPS) is 11.1. The lowest BCUT2D eigenvalue weighted by molar-refractivity contribution is 0.749. The van der Waals surface area contributed by atoms with Crippen LogP contribution in [0.3, 0.4) is 0 Å². The molecule has 20 heavy (non-hydrogen) atoms. The van der Waals surface area contributed by atoms with Crippen LogP contribution in [-0.4, -0.2) is 9.55 Å². The van der Waals surface area contributed by atoms with Crippen LogP contribution in [0.15, 0.2) is 41.5 Å². The molecule has 0 unspecified atom stereocenters. The molecule has 0 N–H and O–H groups in total. The van der Waals surface area contributed by atoms with E-state index >= 15 is 0 Å². The third-order valence-corrected chi connectivity index (χ3v) is 4.38. The van der Waals surface area contributed by atoms with Gasteiger partial charge in [-0.05, 0) is 30.5 Å². The lowest BCUT2D eigenvalue weighted by Crippen LogP contribution is -2.20. The molecule has 0 atom stereocenters. The Morgan fingerprint density at radius 1 is 1.20 bits per heavy atom. The van der Waals surface area contributed by atoms with Gasteiger partial charge in [-0.15, -0.1) is 11.3 Å². The Bertz CT molecular complexity index is 799. The van der Waals surface area contributed by atoms with Crippen LogP contribution in [0, 0.1) is 6.92 Å². The first-order chi connectivity index (χ1) is 9.67. The highest BCUT2D eigenvalue weighted by Gasteiger charge is 2.07. The number of aryl methyl sites for hydroxylation is 2. The number of fused-ring (bicyclic) bond motifs is 1. The lowest BCUT2D eigenvalue weighted by Gasteiger charge is -2.06. The van der Waals surface area contributed by atoms with E-state index in [2.05, 4.69) is 36.2 Å². The Labute approximate surface area is 121 Å². The van der Waals surface area contributed by atoms with E-state index in [0.29, 0.717) is 6.54 Å². The molecule has 2 heterocycles. The van der Waals surface area contributed by atoms with E-state index in [4.69, 9.17) is 0 Å². The molecule has 0 aliphatic rings. The van der Waals surface area contributed by atoms with E-state index in [1.54, 1.807) is 22.2 Å². The molecule has 3 rings (SSSR count). The second kappa shape index (κ2) is 5.21. The van der Waals surface area contributed by atoms with Crippen molar-refractivity contribution in [2.24, 2.45) is 0 Å². The summed E-state index contributed by atoms with van der Waals surface area (Å²) in [5.74, 6) is 0. The van der Waals surface area contributed by atoms with Gasteiger partial charge in [-0.25, -0.2) is 4.98 Å². The van der Waals surface area contributed by atoms with E-state index < -0.39 is 0 Å². The van der Waals surface area contributed by atoms with Crippen LogP contribution in [0.25, 0.3) is 10.2 Å². The van der Waals surface area contributed by atoms with Gasteiger partial charge in [0.2, 0.25) is 0 Å². The summed E-state index contributed by atoms with van der Waals surface area (Å²) in [7, 11) is 0. The minimum absolute atomic E-state index is 0.0407. The van der Waals surface area contributed by atoms with Gasteiger partial charge in [-0.3, -0.25) is 9.36 Å². The molecule has 0 spiro atoms. The molecule has 0 aliphatic heterocycles. The number of rotatable bonds is 3. The highest BCUT2D eigenvalue weighted by Crippen LogP contribution is 2.19. The SMILES string of the molecule is CCc1ccc(Cn2cnc3sc(C)cc3c2=O)cc1. The average Bonchev–Trinajstić information content (AvgIpc) is 2.84. The second-order valence-electron chi connectivity index (χ2n) is 4.92. The minimum Gasteiger partial charge on any atom is -0.294 e. The van der Waals surface area contributed by atoms with Crippen LogP contribution in [0.2, 0.25) is 0 Å². The fourth-order valence-corrected chi connectivity index (χ4v) is 3.11. The van der Waals surface area contributed by atoms with Gasteiger partial charge in [0.15, 0.2) is 0 Å². The van der Waals surface area contributed by atoms with Crippen molar-refractivity contribution in [1.29, 1.82) is 0 Å². The van der Waals surface area contributed by atoms with Crippen molar-refractivity contribution in [1.82, 2.24) is 9.55 Å². The highest BCUT2D eigenvalue weighted by atomic mass is 32.1. The number of nitrogens with zero attached hydrogens (tertiary/aromatic N) is 2. The molecule has 102 valence electrons. The fraction of sp³-hybridized carbons (Fsp3) is 0.250. The van der Waals surface area contributed by atoms with Crippen molar-refractivity contribution in [3.63, 3.8) is 0 Å². The zero-order chi connectivity index (χ0) is 14.1. The molecule has 4 heteroatoms. The van der Waals surface area contributed by atoms with Crippen LogP contribution < -0.4 is 5.56 Å². The van der Waals surface area contributed by atoms with Crippen molar-refractivity contribution in [2.45, 2.75) is 26.8 Å². The van der Waals surface area contributed by atoms with Crippen molar-refractivity contribution in [3.8, 4) is 0 Å². The summed E-state index contributed by atoms with van der Waals surface area (Å²) >= 11 is 1.56. The number of aromatic nitrogens is 2. The topological polar surface area (TPSA) is 34.9 Å². The average molecular weight is 284 g/mol. The van der Waals surface area contributed by atoms with Gasteiger partial charge in [-0.2, -0.15) is 0 Å². The lowest BCUT2D eigenvalue weighted by atomic mass is 10.1. The van der Waals surface area contributed by atoms with Crippen LogP contribution in [-0.2, 0) is 13.0 Å². The molecular weight excluding hydrogens is 268 g/mol. The molecule has 0 saturated heterocycles. The first-order valence-electron chi connectivity index (χ1n) is 6.71. The highest BCUT2D eigenvalue weighted by molar-refractivity contribution is 7.18. The molecule has 1 aromatic carbocycles. The number of hydrogen-bond donors (Lipinski definition) is 0. The van der Waals surface area contributed by atoms with Gasteiger partial charge in [0.1, 0.15) is 4.83 Å². The second-order valence-corrected chi connectivity index (χ2v) is 6.16. The van der Waals surface area contributed by atoms with Crippen molar-refractivity contribution in [3.05, 3.63) is 63.0 Å². The third kappa shape index (κ3) is 2.39. The van der Waals surface area contributed by atoms with Crippen molar-refractivity contribution in [2.75, 3.05) is 0 Å². The van der Waals surface area contributed by atoms with Gasteiger partial charge >= 0.3 is 0 Å². The van der Waals surface area contributed by atoms with Crippen LogP contribution >= 0.6 is 11.3 Å². The molecule has 0 aliphatic carbocycles. The van der Waals surface area contributed by atoms with Gasteiger partial charge in [0, 0.05) is 4.88 Å². The smallest absolute Gasteiger partial charge is 0.262 e. The molecule has 0 fully saturated rings. The quantitative estimate of drug-likeness (QED) is 0.739. The largest absolute Gasteiger partial charge is 0.294 e. The summed E-state index contributed by atoms with van der Waals surface area (Å²) < 4.78 is 1.68. The van der Waals surface area contributed by atoms with Gasteiger partial charge < -0.3 is 0 Å². The Morgan fingerprint density at radius 3 is 2.60 bits per heavy atom. The Morgan fingerprint density at radius 2 is 1.90 bits per heavy atom. The molecule has 2 aromatic heterocycles. The van der Waals surface area contributed by atoms with E-state index in [1.807, 2.05) is 13.0 Å². The van der Waals surface area contributed by atoms with Crippen LogP contribution in [0.4, 0.5) is 0 Å². The van der Waals surface area contributed by atoms with Crippen LogP contribution in [0.1, 0.15) is 22.9 Å². The monoisotopic (exact) mass is 284 g/mol. The molecule has 0 amide bonds. The first kappa shape index (κ1) is 13.1. The molecule has 0 saturated carbocycles. The van der Waals surface area contributed by atoms with E-state index in [1.165, 1.54) is 5.56 Å². The summed E-state index contributed by atoms with van der Waals surface area (Å²) in [6.45, 7) is 4.70. The predicted molar refractivity (Wildman–Crippen MR) is 83.5 cm³/mol. The molecular formula is C16H16N2OS. The number of hydrogen-bond acceptors (Lipinski definition) is 3. The number of benzene rings is 1. The zero-order valence-corrected chi connectivity index (χ0v) is 12.4. The van der Waals surface area contributed by atoms with Crippen LogP contribution in [0.5, 0.6) is 0 Å². The molecule has 0 bridgehead atoms. The van der Waals surface area contributed by atoms with E-state index in [9.17, 15) is 4.79 Å². The summed E-state index contributed by atoms with van der Waals surface area (Å²) in [5, 5.41) is 0.722. The molecule has 3 nitrogen and oxygen atoms in total. The van der Waals surface area contributed by atoms with Gasteiger partial charge in [0.05, 0.1) is 18.3 Å². The Hall–Kier alpha value is -1.94. The van der Waals surface area contributed by atoms with E-state index in [-0.39, 0.29) is 5.56 Å². The minimum atomic E-state index is 0.0407. The number of thiophene rings is 1. The summed E-state index contributed by atoms with van der Waals surface area (Å²) in [6, 6.07) is 10.3. The third-order valence-electron chi connectivity index (χ3n) is 3.43. The van der Waals surface area contributed by atoms with Crippen molar-refractivity contribution < 1.29 is 0 Å². The van der Waals surface area contributed by atoms with Gasteiger partial charge in [-0.1, -0.05) is 31.2 Å². The Balaban J connectivity index is 1.97. The maximum Gasteiger partial charge on any atom is 0.262 e. The summed E-state index contributed by atoms with van der Waals surface area (Å²) in [5.41, 5.74) is 2.47. The molecule has 3 aromatic rings.